The van der Waals surface area contributed by atoms with Crippen LogP contribution in [0.15, 0.2) is 0 Å². The van der Waals surface area contributed by atoms with Crippen LogP contribution >= 0.6 is 15.9 Å². The molecule has 15 heavy (non-hydrogen) atoms. The summed E-state index contributed by atoms with van der Waals surface area (Å²) in [7, 11) is 0.693. The summed E-state index contributed by atoms with van der Waals surface area (Å²) in [6, 6.07) is 0. The molecule has 1 heterocycles. The van der Waals surface area contributed by atoms with Gasteiger partial charge in [-0.1, -0.05) is 15.9 Å². The van der Waals surface area contributed by atoms with Crippen LogP contribution in [0.25, 0.3) is 0 Å². The summed E-state index contributed by atoms with van der Waals surface area (Å²) in [5.41, 5.74) is 0. The molecule has 90 valence electrons. The molecule has 0 saturated carbocycles. The number of likely N-dealkylation sites (tertiary alicyclic amines) is 1. The molecule has 0 N–H and O–H groups in total. The Bertz CT molecular complexity index is 286. The smallest absolute Gasteiger partial charge is 0.223 e. The summed E-state index contributed by atoms with van der Waals surface area (Å²) in [4.78, 5) is 2.29. The second kappa shape index (κ2) is 5.61. The molecule has 0 aromatic heterocycles. The molecule has 1 aliphatic rings. The van der Waals surface area contributed by atoms with E-state index in [4.69, 9.17) is 0 Å². The summed E-state index contributed by atoms with van der Waals surface area (Å²) >= 11 is 3.01. The zero-order valence-electron chi connectivity index (χ0n) is 9.32. The van der Waals surface area contributed by atoms with Crippen LogP contribution < -0.4 is 0 Å². The van der Waals surface area contributed by atoms with Gasteiger partial charge >= 0.3 is 0 Å². The third-order valence-corrected chi connectivity index (χ3v) is 6.08. The molecular weight excluding hydrogens is 280 g/mol. The van der Waals surface area contributed by atoms with E-state index in [1.807, 2.05) is 0 Å². The Kier molecular flexibility index (Phi) is 5.02. The van der Waals surface area contributed by atoms with Crippen LogP contribution in [0, 0.1) is 5.92 Å². The van der Waals surface area contributed by atoms with E-state index in [1.54, 1.807) is 7.05 Å². The Morgan fingerprint density at radius 1 is 1.40 bits per heavy atom. The predicted molar refractivity (Wildman–Crippen MR) is 65.6 cm³/mol. The van der Waals surface area contributed by atoms with Gasteiger partial charge in [0.05, 0.1) is 0 Å². The second-order valence-electron chi connectivity index (χ2n) is 4.25. The average Bonchev–Trinajstić information content (AvgIpc) is 2.21. The van der Waals surface area contributed by atoms with Crippen molar-refractivity contribution < 1.29 is 8.42 Å². The van der Waals surface area contributed by atoms with E-state index in [0.717, 1.165) is 25.9 Å². The normalized spacial score (nSPS) is 21.1. The van der Waals surface area contributed by atoms with Gasteiger partial charge in [0.2, 0.25) is 10.0 Å². The topological polar surface area (TPSA) is 40.6 Å². The number of hydrogen-bond donors (Lipinski definition) is 0. The third kappa shape index (κ3) is 4.01. The van der Waals surface area contributed by atoms with Crippen LogP contribution in [0.2, 0.25) is 0 Å². The van der Waals surface area contributed by atoms with Crippen molar-refractivity contribution in [3.63, 3.8) is 0 Å². The predicted octanol–water partition coefficient (Wildman–Crippen LogP) is 0.942. The summed E-state index contributed by atoms with van der Waals surface area (Å²) < 4.78 is 24.5. The zero-order chi connectivity index (χ0) is 11.5. The van der Waals surface area contributed by atoms with Crippen molar-refractivity contribution in [3.05, 3.63) is 0 Å². The SMILES string of the molecule is CN1CCC(CN(C)S(=O)(=O)CBr)CC1. The maximum absolute atomic E-state index is 11.5. The van der Waals surface area contributed by atoms with Crippen LogP contribution in [0.1, 0.15) is 12.8 Å². The lowest BCUT2D eigenvalue weighted by Crippen LogP contribution is -2.38. The summed E-state index contributed by atoms with van der Waals surface area (Å²) in [5.74, 6) is 0.514. The minimum Gasteiger partial charge on any atom is -0.306 e. The molecule has 1 fully saturated rings. The van der Waals surface area contributed by atoms with Crippen molar-refractivity contribution in [2.75, 3.05) is 38.4 Å². The van der Waals surface area contributed by atoms with Gasteiger partial charge in [0, 0.05) is 13.6 Å². The minimum atomic E-state index is -3.07. The van der Waals surface area contributed by atoms with E-state index in [0.29, 0.717) is 12.5 Å². The Morgan fingerprint density at radius 3 is 2.40 bits per heavy atom. The monoisotopic (exact) mass is 298 g/mol. The third-order valence-electron chi connectivity index (χ3n) is 2.97. The van der Waals surface area contributed by atoms with E-state index in [1.165, 1.54) is 4.31 Å². The lowest BCUT2D eigenvalue weighted by molar-refractivity contribution is 0.202. The van der Waals surface area contributed by atoms with Gasteiger partial charge < -0.3 is 4.90 Å². The van der Waals surface area contributed by atoms with Crippen molar-refractivity contribution in [1.29, 1.82) is 0 Å². The van der Waals surface area contributed by atoms with Crippen molar-refractivity contribution >= 4 is 26.0 Å². The maximum atomic E-state index is 11.5. The van der Waals surface area contributed by atoms with Crippen LogP contribution in [-0.2, 0) is 10.0 Å². The Hall–Kier alpha value is 0.350. The van der Waals surface area contributed by atoms with Crippen LogP contribution in [0.5, 0.6) is 0 Å². The first kappa shape index (κ1) is 13.4. The largest absolute Gasteiger partial charge is 0.306 e. The van der Waals surface area contributed by atoms with Gasteiger partial charge in [-0.15, -0.1) is 0 Å². The Morgan fingerprint density at radius 2 is 1.93 bits per heavy atom. The van der Waals surface area contributed by atoms with Gasteiger partial charge in [-0.2, -0.15) is 0 Å². The van der Waals surface area contributed by atoms with Crippen molar-refractivity contribution in [3.8, 4) is 0 Å². The van der Waals surface area contributed by atoms with E-state index in [9.17, 15) is 8.42 Å². The van der Waals surface area contributed by atoms with Gasteiger partial charge in [-0.05, 0) is 38.9 Å². The quantitative estimate of drug-likeness (QED) is 0.726. The molecule has 1 rings (SSSR count). The number of sulfonamides is 1. The molecule has 0 aromatic rings. The fraction of sp³-hybridized carbons (Fsp3) is 1.00. The lowest BCUT2D eigenvalue weighted by atomic mass is 9.97. The standard InChI is InChI=1S/C9H19BrN2O2S/c1-11-5-3-9(4-6-11)7-12(2)15(13,14)8-10/h9H,3-8H2,1-2H3. The van der Waals surface area contributed by atoms with Crippen molar-refractivity contribution in [2.24, 2.45) is 5.92 Å². The average molecular weight is 299 g/mol. The van der Waals surface area contributed by atoms with Gasteiger partial charge in [-0.3, -0.25) is 0 Å². The Balaban J connectivity index is 2.42. The fourth-order valence-electron chi connectivity index (χ4n) is 1.81. The van der Waals surface area contributed by atoms with Gasteiger partial charge in [0.25, 0.3) is 0 Å². The zero-order valence-corrected chi connectivity index (χ0v) is 11.7. The van der Waals surface area contributed by atoms with Gasteiger partial charge in [0.15, 0.2) is 0 Å². The van der Waals surface area contributed by atoms with Crippen molar-refractivity contribution in [2.45, 2.75) is 12.8 Å². The van der Waals surface area contributed by atoms with E-state index in [2.05, 4.69) is 27.9 Å². The highest BCUT2D eigenvalue weighted by Gasteiger charge is 2.23. The number of nitrogens with zero attached hydrogens (tertiary/aromatic N) is 2. The molecule has 0 aliphatic carbocycles. The number of hydrogen-bond acceptors (Lipinski definition) is 3. The first-order valence-corrected chi connectivity index (χ1v) is 7.87. The summed E-state index contributed by atoms with van der Waals surface area (Å²) in [6.07, 6.45) is 2.19. The fourth-order valence-corrected chi connectivity index (χ4v) is 3.46. The summed E-state index contributed by atoms with van der Waals surface area (Å²) in [5, 5.41) is 0. The number of halogens is 1. The van der Waals surface area contributed by atoms with Gasteiger partial charge in [0.1, 0.15) is 4.66 Å². The van der Waals surface area contributed by atoms with Crippen LogP contribution in [0.4, 0.5) is 0 Å². The number of alkyl halides is 1. The van der Waals surface area contributed by atoms with Gasteiger partial charge in [-0.25, -0.2) is 12.7 Å². The maximum Gasteiger partial charge on any atom is 0.223 e. The number of rotatable bonds is 4. The highest BCUT2D eigenvalue weighted by molar-refractivity contribution is 9.10. The molecule has 1 saturated heterocycles. The van der Waals surface area contributed by atoms with Crippen LogP contribution in [0.3, 0.4) is 0 Å². The molecule has 0 atom stereocenters. The summed E-state index contributed by atoms with van der Waals surface area (Å²) in [6.45, 7) is 2.81. The molecular formula is C9H19BrN2O2S. The minimum absolute atomic E-state index is 0.0170. The van der Waals surface area contributed by atoms with E-state index < -0.39 is 10.0 Å². The second-order valence-corrected chi connectivity index (χ2v) is 7.63. The Labute approximate surface area is 101 Å². The van der Waals surface area contributed by atoms with Crippen LogP contribution in [-0.4, -0.2) is 56.0 Å². The van der Waals surface area contributed by atoms with E-state index in [-0.39, 0.29) is 4.66 Å². The number of piperidine rings is 1. The molecule has 0 spiro atoms. The first-order valence-electron chi connectivity index (χ1n) is 5.14. The van der Waals surface area contributed by atoms with Crippen molar-refractivity contribution in [1.82, 2.24) is 9.21 Å². The molecule has 0 radical (unpaired) electrons. The highest BCUT2D eigenvalue weighted by Crippen LogP contribution is 2.18. The van der Waals surface area contributed by atoms with E-state index >= 15 is 0 Å². The highest BCUT2D eigenvalue weighted by atomic mass is 79.9. The lowest BCUT2D eigenvalue weighted by Gasteiger charge is -2.31. The molecule has 0 aromatic carbocycles. The molecule has 0 unspecified atom stereocenters. The first-order chi connectivity index (χ1) is 6.95. The molecule has 0 amide bonds. The molecule has 0 bridgehead atoms. The molecule has 6 heteroatoms. The molecule has 1 aliphatic heterocycles. The molecule has 4 nitrogen and oxygen atoms in total.